The molecule has 17 heavy (non-hydrogen) atoms. The van der Waals surface area contributed by atoms with Gasteiger partial charge in [0.1, 0.15) is 0 Å². The molecule has 0 aliphatic rings. The van der Waals surface area contributed by atoms with Gasteiger partial charge in [0, 0.05) is 18.0 Å². The molecule has 1 amide bonds. The summed E-state index contributed by atoms with van der Waals surface area (Å²) in [6.07, 6.45) is 0.246. The first kappa shape index (κ1) is 13.2. The van der Waals surface area contributed by atoms with Crippen LogP contribution in [0.1, 0.15) is 30.0 Å². The molecule has 0 aliphatic heterocycles. The molecule has 1 N–H and O–H groups in total. The van der Waals surface area contributed by atoms with Crippen molar-refractivity contribution in [2.45, 2.75) is 34.1 Å². The minimum Gasteiger partial charge on any atom is -0.325 e. The lowest BCUT2D eigenvalue weighted by atomic mass is 10.0. The summed E-state index contributed by atoms with van der Waals surface area (Å²) in [7, 11) is 0. The van der Waals surface area contributed by atoms with Crippen LogP contribution < -0.4 is 5.32 Å². The number of nitriles is 1. The molecule has 0 aliphatic carbocycles. The van der Waals surface area contributed by atoms with E-state index in [1.165, 1.54) is 5.56 Å². The Morgan fingerprint density at radius 1 is 1.35 bits per heavy atom. The number of carbonyl (C=O) groups is 1. The van der Waals surface area contributed by atoms with E-state index in [-0.39, 0.29) is 18.2 Å². The van der Waals surface area contributed by atoms with Gasteiger partial charge in [-0.2, -0.15) is 5.26 Å². The molecule has 0 aromatic heterocycles. The minimum absolute atomic E-state index is 0.0957. The fraction of sp³-hybridized carbons (Fsp3) is 0.429. The Balaban J connectivity index is 2.90. The Labute approximate surface area is 102 Å². The van der Waals surface area contributed by atoms with Crippen molar-refractivity contribution in [3.05, 3.63) is 28.8 Å². The van der Waals surface area contributed by atoms with Crippen molar-refractivity contribution in [2.24, 2.45) is 5.92 Å². The van der Waals surface area contributed by atoms with Crippen LogP contribution in [0.25, 0.3) is 0 Å². The van der Waals surface area contributed by atoms with Gasteiger partial charge in [-0.1, -0.05) is 24.6 Å². The molecule has 3 heteroatoms. The number of nitrogens with zero attached hydrogens (tertiary/aromatic N) is 1. The van der Waals surface area contributed by atoms with Gasteiger partial charge in [-0.25, -0.2) is 0 Å². The van der Waals surface area contributed by atoms with Gasteiger partial charge in [0.25, 0.3) is 0 Å². The number of nitrogens with one attached hydrogen (secondary N) is 1. The monoisotopic (exact) mass is 230 g/mol. The average molecular weight is 230 g/mol. The van der Waals surface area contributed by atoms with Gasteiger partial charge in [0.2, 0.25) is 5.91 Å². The van der Waals surface area contributed by atoms with Gasteiger partial charge in [-0.05, 0) is 31.9 Å². The van der Waals surface area contributed by atoms with Crippen molar-refractivity contribution in [3.63, 3.8) is 0 Å². The summed E-state index contributed by atoms with van der Waals surface area (Å²) < 4.78 is 0. The Kier molecular flexibility index (Phi) is 4.28. The number of rotatable bonds is 3. The van der Waals surface area contributed by atoms with Gasteiger partial charge >= 0.3 is 0 Å². The SMILES string of the molecule is Cc1cc(C)c(NC(=O)C(C)CC#N)c(C)c1. The number of hydrogen-bond acceptors (Lipinski definition) is 2. The summed E-state index contributed by atoms with van der Waals surface area (Å²) in [5.41, 5.74) is 4.16. The Bertz CT molecular complexity index is 449. The molecule has 1 rings (SSSR count). The normalized spacial score (nSPS) is 11.7. The largest absolute Gasteiger partial charge is 0.325 e. The Hall–Kier alpha value is -1.82. The topological polar surface area (TPSA) is 52.9 Å². The van der Waals surface area contributed by atoms with Crippen LogP contribution in [0.4, 0.5) is 5.69 Å². The van der Waals surface area contributed by atoms with E-state index in [0.29, 0.717) is 0 Å². The number of carbonyl (C=O) groups excluding carboxylic acids is 1. The summed E-state index contributed by atoms with van der Waals surface area (Å²) in [5.74, 6) is -0.373. The molecule has 1 unspecified atom stereocenters. The van der Waals surface area contributed by atoms with E-state index in [1.807, 2.05) is 39.0 Å². The van der Waals surface area contributed by atoms with Crippen LogP contribution in [-0.4, -0.2) is 5.91 Å². The van der Waals surface area contributed by atoms with E-state index in [0.717, 1.165) is 16.8 Å². The molecule has 0 radical (unpaired) electrons. The number of aryl methyl sites for hydroxylation is 3. The predicted molar refractivity (Wildman–Crippen MR) is 68.7 cm³/mol. The highest BCUT2D eigenvalue weighted by Crippen LogP contribution is 2.22. The molecule has 90 valence electrons. The van der Waals surface area contributed by atoms with E-state index in [4.69, 9.17) is 5.26 Å². The molecule has 0 saturated carbocycles. The summed E-state index contributed by atoms with van der Waals surface area (Å²) in [5, 5.41) is 11.5. The number of amides is 1. The van der Waals surface area contributed by atoms with E-state index in [2.05, 4.69) is 5.32 Å². The van der Waals surface area contributed by atoms with Gasteiger partial charge in [-0.15, -0.1) is 0 Å². The highest BCUT2D eigenvalue weighted by atomic mass is 16.1. The van der Waals surface area contributed by atoms with Crippen molar-refractivity contribution < 1.29 is 4.79 Å². The zero-order valence-corrected chi connectivity index (χ0v) is 10.8. The van der Waals surface area contributed by atoms with Crippen LogP contribution in [0.2, 0.25) is 0 Å². The van der Waals surface area contributed by atoms with Crippen molar-refractivity contribution >= 4 is 11.6 Å². The van der Waals surface area contributed by atoms with Crippen molar-refractivity contribution in [1.29, 1.82) is 5.26 Å². The first-order valence-electron chi connectivity index (χ1n) is 5.71. The smallest absolute Gasteiger partial charge is 0.228 e. The maximum atomic E-state index is 11.8. The zero-order chi connectivity index (χ0) is 13.0. The van der Waals surface area contributed by atoms with Crippen LogP contribution in [0.15, 0.2) is 12.1 Å². The highest BCUT2D eigenvalue weighted by molar-refractivity contribution is 5.94. The molecule has 0 saturated heterocycles. The number of hydrogen-bond donors (Lipinski definition) is 1. The molecule has 0 heterocycles. The van der Waals surface area contributed by atoms with Crippen LogP contribution in [0, 0.1) is 38.0 Å². The predicted octanol–water partition coefficient (Wildman–Crippen LogP) is 3.10. The first-order chi connectivity index (χ1) is 7.95. The zero-order valence-electron chi connectivity index (χ0n) is 10.8. The summed E-state index contributed by atoms with van der Waals surface area (Å²) >= 11 is 0. The van der Waals surface area contributed by atoms with Crippen molar-refractivity contribution in [1.82, 2.24) is 0 Å². The molecular weight excluding hydrogens is 212 g/mol. The van der Waals surface area contributed by atoms with E-state index in [1.54, 1.807) is 6.92 Å². The molecule has 1 aromatic rings. The average Bonchev–Trinajstić information content (AvgIpc) is 2.23. The molecule has 0 fully saturated rings. The summed E-state index contributed by atoms with van der Waals surface area (Å²) in [6, 6.07) is 6.09. The van der Waals surface area contributed by atoms with Gasteiger partial charge in [0.05, 0.1) is 6.07 Å². The molecule has 3 nitrogen and oxygen atoms in total. The lowest BCUT2D eigenvalue weighted by Gasteiger charge is -2.14. The van der Waals surface area contributed by atoms with Gasteiger partial charge < -0.3 is 5.32 Å². The molecule has 0 spiro atoms. The molecule has 1 atom stereocenters. The third-order valence-corrected chi connectivity index (χ3v) is 2.77. The lowest BCUT2D eigenvalue weighted by Crippen LogP contribution is -2.21. The van der Waals surface area contributed by atoms with E-state index >= 15 is 0 Å². The summed E-state index contributed by atoms with van der Waals surface area (Å²) in [4.78, 5) is 11.8. The Morgan fingerprint density at radius 3 is 2.35 bits per heavy atom. The van der Waals surface area contributed by atoms with Crippen molar-refractivity contribution in [3.8, 4) is 6.07 Å². The van der Waals surface area contributed by atoms with Crippen molar-refractivity contribution in [2.75, 3.05) is 5.32 Å². The van der Waals surface area contributed by atoms with Crippen LogP contribution in [0.3, 0.4) is 0 Å². The summed E-state index contributed by atoms with van der Waals surface area (Å²) in [6.45, 7) is 7.75. The third kappa shape index (κ3) is 3.32. The maximum Gasteiger partial charge on any atom is 0.228 e. The standard InChI is InChI=1S/C14H18N2O/c1-9-7-11(3)13(12(4)8-9)16-14(17)10(2)5-6-15/h7-8,10H,5H2,1-4H3,(H,16,17). The number of anilines is 1. The third-order valence-electron chi connectivity index (χ3n) is 2.77. The van der Waals surface area contributed by atoms with Crippen LogP contribution >= 0.6 is 0 Å². The fourth-order valence-electron chi connectivity index (χ4n) is 1.85. The van der Waals surface area contributed by atoms with Crippen LogP contribution in [-0.2, 0) is 4.79 Å². The molecular formula is C14H18N2O. The lowest BCUT2D eigenvalue weighted by molar-refractivity contribution is -0.119. The minimum atomic E-state index is -0.278. The first-order valence-corrected chi connectivity index (χ1v) is 5.71. The fourth-order valence-corrected chi connectivity index (χ4v) is 1.85. The molecule has 1 aromatic carbocycles. The maximum absolute atomic E-state index is 11.8. The van der Waals surface area contributed by atoms with Gasteiger partial charge in [0.15, 0.2) is 0 Å². The highest BCUT2D eigenvalue weighted by Gasteiger charge is 2.14. The van der Waals surface area contributed by atoms with E-state index in [9.17, 15) is 4.79 Å². The second kappa shape index (κ2) is 5.49. The quantitative estimate of drug-likeness (QED) is 0.867. The van der Waals surface area contributed by atoms with Gasteiger partial charge in [-0.3, -0.25) is 4.79 Å². The number of benzene rings is 1. The molecule has 0 bridgehead atoms. The Morgan fingerprint density at radius 2 is 1.88 bits per heavy atom. The van der Waals surface area contributed by atoms with E-state index < -0.39 is 0 Å². The van der Waals surface area contributed by atoms with Crippen LogP contribution in [0.5, 0.6) is 0 Å². The second-order valence-electron chi connectivity index (χ2n) is 4.53. The second-order valence-corrected chi connectivity index (χ2v) is 4.53.